The molecule has 2 aromatic heterocycles. The first-order chi connectivity index (χ1) is 23.1. The van der Waals surface area contributed by atoms with Crippen LogP contribution in [0.2, 0.25) is 0 Å². The molecular formula is C43H31N3S. The molecule has 6 aromatic carbocycles. The minimum atomic E-state index is -0.328. The molecule has 0 bridgehead atoms. The summed E-state index contributed by atoms with van der Waals surface area (Å²) in [6.45, 7) is 4.76. The van der Waals surface area contributed by atoms with Gasteiger partial charge in [0.15, 0.2) is 0 Å². The van der Waals surface area contributed by atoms with E-state index in [2.05, 4.69) is 163 Å². The number of nitrogens with one attached hydrogen (secondary N) is 1. The summed E-state index contributed by atoms with van der Waals surface area (Å²) in [7, 11) is 0. The second-order valence-corrected chi connectivity index (χ2v) is 14.2. The maximum Gasteiger partial charge on any atom is 0.201 e. The van der Waals surface area contributed by atoms with Gasteiger partial charge in [-0.25, -0.2) is 4.99 Å². The summed E-state index contributed by atoms with van der Waals surface area (Å²) >= 11 is 1.94. The molecule has 2 aliphatic rings. The summed E-state index contributed by atoms with van der Waals surface area (Å²) in [6.07, 6.45) is -0.328. The van der Waals surface area contributed by atoms with E-state index >= 15 is 0 Å². The number of hydrogen-bond donors (Lipinski definition) is 1. The fraction of sp³-hybridized carbons (Fsp3) is 0.0930. The number of aromatic nitrogens is 1. The van der Waals surface area contributed by atoms with Gasteiger partial charge in [0.1, 0.15) is 0 Å². The number of rotatable bonds is 3. The number of para-hydroxylation sites is 1. The van der Waals surface area contributed by atoms with Crippen LogP contribution in [-0.4, -0.2) is 10.3 Å². The minimum absolute atomic E-state index is 0.0637. The quantitative estimate of drug-likeness (QED) is 0.209. The fourth-order valence-electron chi connectivity index (χ4n) is 8.05. The van der Waals surface area contributed by atoms with E-state index in [1.807, 2.05) is 11.3 Å². The third-order valence-electron chi connectivity index (χ3n) is 10.2. The van der Waals surface area contributed by atoms with Gasteiger partial charge in [0.25, 0.3) is 0 Å². The van der Waals surface area contributed by atoms with E-state index in [1.165, 1.54) is 64.6 Å². The molecular weight excluding hydrogens is 591 g/mol. The highest BCUT2D eigenvalue weighted by Gasteiger charge is 2.39. The predicted molar refractivity (Wildman–Crippen MR) is 199 cm³/mol. The van der Waals surface area contributed by atoms with Crippen molar-refractivity contribution in [3.8, 4) is 21.6 Å². The Morgan fingerprint density at radius 2 is 1.34 bits per heavy atom. The van der Waals surface area contributed by atoms with E-state index in [0.717, 1.165) is 22.5 Å². The van der Waals surface area contributed by atoms with Crippen LogP contribution in [0.25, 0.3) is 53.5 Å². The Morgan fingerprint density at radius 3 is 2.17 bits per heavy atom. The molecule has 224 valence electrons. The van der Waals surface area contributed by atoms with Gasteiger partial charge in [-0.3, -0.25) is 4.57 Å². The Bertz CT molecular complexity index is 2570. The van der Waals surface area contributed by atoms with Gasteiger partial charge in [-0.2, -0.15) is 0 Å². The molecule has 0 radical (unpaired) electrons. The fourth-order valence-corrected chi connectivity index (χ4v) is 9.59. The predicted octanol–water partition coefficient (Wildman–Crippen LogP) is 11.4. The van der Waals surface area contributed by atoms with E-state index < -0.39 is 0 Å². The molecule has 1 aliphatic heterocycles. The number of nitrogens with zero attached hydrogens (tertiary/aromatic N) is 2. The van der Waals surface area contributed by atoms with Crippen LogP contribution in [0.15, 0.2) is 145 Å². The highest BCUT2D eigenvalue weighted by Crippen LogP contribution is 2.56. The van der Waals surface area contributed by atoms with E-state index in [0.29, 0.717) is 0 Å². The van der Waals surface area contributed by atoms with Crippen molar-refractivity contribution in [3.63, 3.8) is 0 Å². The lowest BCUT2D eigenvalue weighted by Gasteiger charge is -2.28. The average molecular weight is 622 g/mol. The zero-order valence-corrected chi connectivity index (χ0v) is 27.0. The van der Waals surface area contributed by atoms with Gasteiger partial charge in [-0.1, -0.05) is 135 Å². The third kappa shape index (κ3) is 3.76. The Balaban J connectivity index is 1.25. The van der Waals surface area contributed by atoms with Gasteiger partial charge < -0.3 is 5.32 Å². The van der Waals surface area contributed by atoms with Crippen LogP contribution in [0.3, 0.4) is 0 Å². The number of aliphatic imine (C=N–C) groups is 1. The van der Waals surface area contributed by atoms with Crippen molar-refractivity contribution < 1.29 is 0 Å². The molecule has 8 aromatic rings. The number of thiophene rings is 1. The first-order valence-electron chi connectivity index (χ1n) is 16.3. The SMILES string of the molecule is CC1(C)c2ccccc2-c2sc3c(ccc4c5ccccc5n(C5N=C(c6ccccc6)c6cc(-c7ccccc7)ccc6N5)c43)c21. The molecule has 1 N–H and O–H groups in total. The van der Waals surface area contributed by atoms with E-state index in [9.17, 15) is 0 Å². The average Bonchev–Trinajstić information content (AvgIpc) is 3.75. The molecule has 1 aliphatic carbocycles. The summed E-state index contributed by atoms with van der Waals surface area (Å²) in [5.74, 6) is 0. The van der Waals surface area contributed by atoms with Crippen molar-refractivity contribution in [2.24, 2.45) is 4.99 Å². The highest BCUT2D eigenvalue weighted by atomic mass is 32.1. The van der Waals surface area contributed by atoms with Gasteiger partial charge in [0.2, 0.25) is 6.29 Å². The molecule has 0 saturated carbocycles. The summed E-state index contributed by atoms with van der Waals surface area (Å²) in [5, 5.41) is 7.75. The summed E-state index contributed by atoms with van der Waals surface area (Å²) in [4.78, 5) is 6.98. The van der Waals surface area contributed by atoms with E-state index in [4.69, 9.17) is 4.99 Å². The number of fused-ring (bicyclic) bond motifs is 10. The van der Waals surface area contributed by atoms with Crippen molar-refractivity contribution in [3.05, 3.63) is 162 Å². The van der Waals surface area contributed by atoms with Crippen molar-refractivity contribution >= 4 is 54.6 Å². The van der Waals surface area contributed by atoms with Crippen LogP contribution >= 0.6 is 11.3 Å². The number of hydrogen-bond acceptors (Lipinski definition) is 3. The Morgan fingerprint density at radius 1 is 0.638 bits per heavy atom. The maximum atomic E-state index is 5.58. The minimum Gasteiger partial charge on any atom is -0.346 e. The molecule has 3 nitrogen and oxygen atoms in total. The van der Waals surface area contributed by atoms with Gasteiger partial charge in [0, 0.05) is 37.9 Å². The maximum absolute atomic E-state index is 5.58. The van der Waals surface area contributed by atoms with Gasteiger partial charge in [-0.15, -0.1) is 11.3 Å². The van der Waals surface area contributed by atoms with E-state index in [1.54, 1.807) is 0 Å². The van der Waals surface area contributed by atoms with E-state index in [-0.39, 0.29) is 11.7 Å². The largest absolute Gasteiger partial charge is 0.346 e. The van der Waals surface area contributed by atoms with Crippen LogP contribution in [0, 0.1) is 0 Å². The molecule has 0 amide bonds. The van der Waals surface area contributed by atoms with Crippen molar-refractivity contribution in [1.82, 2.24) is 4.57 Å². The Kier molecular flexibility index (Phi) is 5.56. The summed E-state index contributed by atoms with van der Waals surface area (Å²) in [5.41, 5.74) is 13.3. The number of anilines is 1. The molecule has 0 saturated heterocycles. The lowest BCUT2D eigenvalue weighted by atomic mass is 9.81. The smallest absolute Gasteiger partial charge is 0.201 e. The lowest BCUT2D eigenvalue weighted by Crippen LogP contribution is -2.25. The second-order valence-electron chi connectivity index (χ2n) is 13.2. The molecule has 47 heavy (non-hydrogen) atoms. The van der Waals surface area contributed by atoms with Crippen LogP contribution in [0.4, 0.5) is 5.69 Å². The standard InChI is InChI=1S/C43H31N3S/c1-43(2)34-19-11-9-18-31(34)40-37(43)32-23-22-30-29-17-10-12-20-36(29)46(39(30)41(32)47-40)42-44-35-24-21-28(26-13-5-3-6-14-26)25-33(35)38(45-42)27-15-7-4-8-16-27/h3-25,42,44H,1-2H3. The van der Waals surface area contributed by atoms with Crippen molar-refractivity contribution in [2.45, 2.75) is 25.6 Å². The zero-order valence-electron chi connectivity index (χ0n) is 26.2. The Hall–Kier alpha value is -5.45. The monoisotopic (exact) mass is 621 g/mol. The molecule has 1 atom stereocenters. The van der Waals surface area contributed by atoms with Crippen LogP contribution < -0.4 is 5.32 Å². The molecule has 10 rings (SSSR count). The first-order valence-corrected chi connectivity index (χ1v) is 17.1. The number of benzene rings is 6. The molecule has 3 heterocycles. The van der Waals surface area contributed by atoms with Crippen LogP contribution in [0.1, 0.15) is 42.4 Å². The molecule has 0 fully saturated rings. The Labute approximate surface area is 277 Å². The van der Waals surface area contributed by atoms with Crippen LogP contribution in [-0.2, 0) is 5.41 Å². The second kappa shape index (κ2) is 9.78. The van der Waals surface area contributed by atoms with Crippen LogP contribution in [0.5, 0.6) is 0 Å². The topological polar surface area (TPSA) is 29.3 Å². The lowest BCUT2D eigenvalue weighted by molar-refractivity contribution is 0.626. The molecule has 1 unspecified atom stereocenters. The van der Waals surface area contributed by atoms with Gasteiger partial charge in [-0.05, 0) is 51.4 Å². The van der Waals surface area contributed by atoms with Crippen molar-refractivity contribution in [2.75, 3.05) is 5.32 Å². The third-order valence-corrected chi connectivity index (χ3v) is 11.5. The van der Waals surface area contributed by atoms with Gasteiger partial charge in [0.05, 0.1) is 21.4 Å². The molecule has 4 heteroatoms. The first kappa shape index (κ1) is 26.7. The summed E-state index contributed by atoms with van der Waals surface area (Å²) < 4.78 is 3.78. The van der Waals surface area contributed by atoms with Crippen molar-refractivity contribution in [1.29, 1.82) is 0 Å². The summed E-state index contributed by atoms with van der Waals surface area (Å²) in [6, 6.07) is 50.4. The normalized spacial score (nSPS) is 16.1. The zero-order chi connectivity index (χ0) is 31.3. The van der Waals surface area contributed by atoms with Gasteiger partial charge >= 0.3 is 0 Å². The molecule has 0 spiro atoms. The highest BCUT2D eigenvalue weighted by molar-refractivity contribution is 7.23.